The van der Waals surface area contributed by atoms with Crippen molar-refractivity contribution < 1.29 is 32.5 Å². The van der Waals surface area contributed by atoms with Gasteiger partial charge < -0.3 is 14.6 Å². The maximum atomic E-state index is 13.4. The Kier molecular flexibility index (Phi) is 6.09. The third kappa shape index (κ3) is 4.29. The van der Waals surface area contributed by atoms with E-state index in [2.05, 4.69) is 21.0 Å². The van der Waals surface area contributed by atoms with Crippen LogP contribution in [0.4, 0.5) is 13.2 Å². The van der Waals surface area contributed by atoms with Gasteiger partial charge in [-0.1, -0.05) is 15.9 Å². The summed E-state index contributed by atoms with van der Waals surface area (Å²) in [5, 5.41) is 13.9. The Morgan fingerprint density at radius 3 is 2.53 bits per heavy atom. The van der Waals surface area contributed by atoms with Crippen molar-refractivity contribution in [2.75, 3.05) is 7.11 Å². The first-order valence-electron chi connectivity index (χ1n) is 8.78. The second kappa shape index (κ2) is 8.27. The summed E-state index contributed by atoms with van der Waals surface area (Å²) in [7, 11) is 1.43. The number of rotatable bonds is 5. The number of aliphatic hydroxyl groups is 1. The molecular weight excluding hydrogens is 469 g/mol. The smallest absolute Gasteiger partial charge is 0.438 e. The van der Waals surface area contributed by atoms with Crippen LogP contribution < -0.4 is 9.47 Å². The maximum absolute atomic E-state index is 13.4. The van der Waals surface area contributed by atoms with Crippen molar-refractivity contribution in [3.8, 4) is 11.5 Å². The molecule has 1 N–H and O–H groups in total. The predicted octanol–water partition coefficient (Wildman–Crippen LogP) is 4.51. The number of hydrogen-bond acceptors (Lipinski definition) is 5. The van der Waals surface area contributed by atoms with E-state index >= 15 is 0 Å². The molecule has 0 bridgehead atoms. The highest BCUT2D eigenvalue weighted by molar-refractivity contribution is 9.10. The number of carbonyl (C=O) groups is 1. The summed E-state index contributed by atoms with van der Waals surface area (Å²) in [5.74, 6) is -0.127. The Bertz CT molecular complexity index is 979. The predicted molar refractivity (Wildman–Crippen MR) is 106 cm³/mol. The van der Waals surface area contributed by atoms with Gasteiger partial charge in [0.1, 0.15) is 18.1 Å². The van der Waals surface area contributed by atoms with Crippen molar-refractivity contribution in [3.05, 3.63) is 58.1 Å². The van der Waals surface area contributed by atoms with Gasteiger partial charge in [-0.3, -0.25) is 4.79 Å². The molecule has 1 aliphatic heterocycles. The van der Waals surface area contributed by atoms with Crippen molar-refractivity contribution >= 4 is 27.5 Å². The third-order valence-corrected chi connectivity index (χ3v) is 5.03. The largest absolute Gasteiger partial charge is 0.496 e. The van der Waals surface area contributed by atoms with Gasteiger partial charge in [0.05, 0.1) is 7.11 Å². The van der Waals surface area contributed by atoms with Gasteiger partial charge in [-0.25, -0.2) is 0 Å². The van der Waals surface area contributed by atoms with E-state index in [1.807, 2.05) is 0 Å². The number of hydrogen-bond donors (Lipinski definition) is 1. The zero-order valence-electron chi connectivity index (χ0n) is 16.0. The molecule has 1 heterocycles. The summed E-state index contributed by atoms with van der Waals surface area (Å²) in [5.41, 5.74) is -3.04. The molecule has 0 radical (unpaired) electrons. The van der Waals surface area contributed by atoms with Crippen LogP contribution in [-0.2, 0) is 6.61 Å². The lowest BCUT2D eigenvalue weighted by atomic mass is 10.0. The highest BCUT2D eigenvalue weighted by atomic mass is 79.9. The third-order valence-electron chi connectivity index (χ3n) is 4.51. The number of benzene rings is 2. The summed E-state index contributed by atoms with van der Waals surface area (Å²) in [6.07, 6.45) is -5.87. The minimum absolute atomic E-state index is 0.00418. The highest BCUT2D eigenvalue weighted by Gasteiger charge is 2.62. The normalized spacial score (nSPS) is 18.9. The van der Waals surface area contributed by atoms with Gasteiger partial charge in [0, 0.05) is 27.7 Å². The van der Waals surface area contributed by atoms with Crippen molar-refractivity contribution in [1.29, 1.82) is 0 Å². The Balaban J connectivity index is 1.88. The first-order valence-corrected chi connectivity index (χ1v) is 9.57. The van der Waals surface area contributed by atoms with Crippen LogP contribution in [0.25, 0.3) is 0 Å². The Hall–Kier alpha value is -2.59. The van der Waals surface area contributed by atoms with E-state index in [1.165, 1.54) is 32.2 Å². The molecule has 0 saturated carbocycles. The van der Waals surface area contributed by atoms with Gasteiger partial charge >= 0.3 is 6.18 Å². The zero-order valence-corrected chi connectivity index (χ0v) is 17.6. The van der Waals surface area contributed by atoms with Gasteiger partial charge in [0.2, 0.25) is 0 Å². The van der Waals surface area contributed by atoms with Gasteiger partial charge in [-0.05, 0) is 49.4 Å². The fraction of sp³-hybridized carbons (Fsp3) is 0.300. The molecule has 0 fully saturated rings. The maximum Gasteiger partial charge on any atom is 0.438 e. The van der Waals surface area contributed by atoms with Crippen LogP contribution in [0, 0.1) is 0 Å². The van der Waals surface area contributed by atoms with Crippen molar-refractivity contribution in [3.63, 3.8) is 0 Å². The number of amides is 1. The standard InChI is InChI=1S/C20H18BrF3N2O4/c1-12-10-19(28,20(22,23)24)26(25-12)18(27)13-3-8-17(29-2)14(9-13)11-30-16-6-4-15(21)5-7-16/h3-9,28H,10-11H2,1-2H3/t19-/m1/s1. The highest BCUT2D eigenvalue weighted by Crippen LogP contribution is 2.41. The number of halogens is 4. The average molecular weight is 487 g/mol. The average Bonchev–Trinajstić information content (AvgIpc) is 3.02. The molecular formula is C20H18BrF3N2O4. The van der Waals surface area contributed by atoms with Gasteiger partial charge in [-0.15, -0.1) is 0 Å². The lowest BCUT2D eigenvalue weighted by Gasteiger charge is -2.32. The van der Waals surface area contributed by atoms with E-state index in [4.69, 9.17) is 9.47 Å². The molecule has 0 aliphatic carbocycles. The fourth-order valence-electron chi connectivity index (χ4n) is 2.99. The van der Waals surface area contributed by atoms with Gasteiger partial charge in [0.15, 0.2) is 0 Å². The summed E-state index contributed by atoms with van der Waals surface area (Å²) >= 11 is 3.32. The Morgan fingerprint density at radius 1 is 1.27 bits per heavy atom. The number of carbonyl (C=O) groups excluding carboxylic acids is 1. The van der Waals surface area contributed by atoms with E-state index in [0.717, 1.165) is 4.47 Å². The molecule has 6 nitrogen and oxygen atoms in total. The minimum atomic E-state index is -5.07. The summed E-state index contributed by atoms with van der Waals surface area (Å²) in [6.45, 7) is 1.33. The molecule has 0 saturated heterocycles. The molecule has 2 aromatic carbocycles. The van der Waals surface area contributed by atoms with Crippen LogP contribution >= 0.6 is 15.9 Å². The number of ether oxygens (including phenoxy) is 2. The molecule has 1 amide bonds. The summed E-state index contributed by atoms with van der Waals surface area (Å²) in [6, 6.07) is 11.2. The van der Waals surface area contributed by atoms with Crippen molar-refractivity contribution in [1.82, 2.24) is 5.01 Å². The fourth-order valence-corrected chi connectivity index (χ4v) is 3.26. The number of nitrogens with zero attached hydrogens (tertiary/aromatic N) is 2. The molecule has 0 aromatic heterocycles. The number of hydrazone groups is 1. The van der Waals surface area contributed by atoms with Crippen LogP contribution in [-0.4, -0.2) is 40.7 Å². The topological polar surface area (TPSA) is 71.4 Å². The van der Waals surface area contributed by atoms with Crippen LogP contribution in [0.2, 0.25) is 0 Å². The van der Waals surface area contributed by atoms with Gasteiger partial charge in [0.25, 0.3) is 11.6 Å². The molecule has 0 unspecified atom stereocenters. The summed E-state index contributed by atoms with van der Waals surface area (Å²) in [4.78, 5) is 12.8. The quantitative estimate of drug-likeness (QED) is 0.674. The number of alkyl halides is 3. The number of methoxy groups -OCH3 is 1. The van der Waals surface area contributed by atoms with E-state index in [9.17, 15) is 23.1 Å². The molecule has 0 spiro atoms. The molecule has 10 heteroatoms. The monoisotopic (exact) mass is 486 g/mol. The molecule has 2 aromatic rings. The van der Waals surface area contributed by atoms with Crippen LogP contribution in [0.5, 0.6) is 11.5 Å². The minimum Gasteiger partial charge on any atom is -0.496 e. The Morgan fingerprint density at radius 2 is 1.93 bits per heavy atom. The SMILES string of the molecule is COc1ccc(C(=O)N2N=C(C)C[C@@]2(O)C(F)(F)F)cc1COc1ccc(Br)cc1. The Labute approximate surface area is 179 Å². The first-order chi connectivity index (χ1) is 14.0. The molecule has 1 aliphatic rings. The van der Waals surface area contributed by atoms with Crippen molar-refractivity contribution in [2.24, 2.45) is 5.10 Å². The van der Waals surface area contributed by atoms with Crippen LogP contribution in [0.15, 0.2) is 52.0 Å². The van der Waals surface area contributed by atoms with E-state index in [0.29, 0.717) is 17.1 Å². The van der Waals surface area contributed by atoms with Gasteiger partial charge in [-0.2, -0.15) is 23.3 Å². The van der Waals surface area contributed by atoms with Crippen LogP contribution in [0.3, 0.4) is 0 Å². The van der Waals surface area contributed by atoms with E-state index < -0.39 is 24.2 Å². The lowest BCUT2D eigenvalue weighted by molar-refractivity contribution is -0.297. The van der Waals surface area contributed by atoms with E-state index in [1.54, 1.807) is 24.3 Å². The lowest BCUT2D eigenvalue weighted by Crippen LogP contribution is -2.56. The molecule has 1 atom stereocenters. The summed E-state index contributed by atoms with van der Waals surface area (Å²) < 4.78 is 52.1. The van der Waals surface area contributed by atoms with E-state index in [-0.39, 0.29) is 22.9 Å². The zero-order chi connectivity index (χ0) is 22.1. The van der Waals surface area contributed by atoms with Crippen molar-refractivity contribution in [2.45, 2.75) is 31.9 Å². The first kappa shape index (κ1) is 22.1. The molecule has 3 rings (SSSR count). The molecule has 30 heavy (non-hydrogen) atoms. The molecule has 160 valence electrons. The second-order valence-corrected chi connectivity index (χ2v) is 7.63. The van der Waals surface area contributed by atoms with Crippen LogP contribution in [0.1, 0.15) is 29.3 Å². The second-order valence-electron chi connectivity index (χ2n) is 6.71.